The molecule has 1 aliphatic heterocycles. The summed E-state index contributed by atoms with van der Waals surface area (Å²) in [5.41, 5.74) is 2.07. The molecule has 1 amide bonds. The van der Waals surface area contributed by atoms with Crippen LogP contribution in [0.5, 0.6) is 0 Å². The zero-order valence-corrected chi connectivity index (χ0v) is 14.8. The molecule has 130 valence electrons. The molecule has 5 nitrogen and oxygen atoms in total. The van der Waals surface area contributed by atoms with Gasteiger partial charge in [-0.3, -0.25) is 4.79 Å². The average molecular weight is 348 g/mol. The van der Waals surface area contributed by atoms with E-state index in [4.69, 9.17) is 0 Å². The highest BCUT2D eigenvalue weighted by molar-refractivity contribution is 7.89. The number of sulfonamides is 1. The van der Waals surface area contributed by atoms with Crippen molar-refractivity contribution in [3.8, 4) is 0 Å². The second kappa shape index (κ2) is 7.07. The molecule has 1 aromatic carbocycles. The van der Waals surface area contributed by atoms with Gasteiger partial charge in [-0.2, -0.15) is 0 Å². The monoisotopic (exact) mass is 348 g/mol. The number of benzene rings is 1. The van der Waals surface area contributed by atoms with E-state index in [1.54, 1.807) is 17.0 Å². The maximum Gasteiger partial charge on any atom is 0.240 e. The Morgan fingerprint density at radius 3 is 2.79 bits per heavy atom. The molecule has 1 aliphatic carbocycles. The fraction of sp³-hybridized carbons (Fsp3) is 0.500. The highest BCUT2D eigenvalue weighted by Crippen LogP contribution is 2.25. The van der Waals surface area contributed by atoms with Gasteiger partial charge in [0.1, 0.15) is 0 Å². The molecule has 0 spiro atoms. The van der Waals surface area contributed by atoms with Crippen molar-refractivity contribution in [2.45, 2.75) is 56.5 Å². The van der Waals surface area contributed by atoms with E-state index in [9.17, 15) is 13.2 Å². The molecule has 0 aromatic heterocycles. The zero-order valence-electron chi connectivity index (χ0n) is 14.0. The van der Waals surface area contributed by atoms with Crippen molar-refractivity contribution in [1.29, 1.82) is 0 Å². The van der Waals surface area contributed by atoms with Gasteiger partial charge in [-0.05, 0) is 49.4 Å². The third kappa shape index (κ3) is 3.70. The predicted octanol–water partition coefficient (Wildman–Crippen LogP) is 2.37. The predicted molar refractivity (Wildman–Crippen MR) is 93.0 cm³/mol. The van der Waals surface area contributed by atoms with E-state index >= 15 is 0 Å². The lowest BCUT2D eigenvalue weighted by atomic mass is 9.94. The Hall–Kier alpha value is -1.66. The molecule has 1 saturated carbocycles. The SMILES string of the molecule is CC=CCC(=O)N1CCc2ccc(S(=O)(=O)NC3CCC3)cc2C1. The molecule has 1 heterocycles. The van der Waals surface area contributed by atoms with Gasteiger partial charge < -0.3 is 4.90 Å². The van der Waals surface area contributed by atoms with Crippen LogP contribution >= 0.6 is 0 Å². The molecular formula is C18H24N2O3S. The van der Waals surface area contributed by atoms with Crippen LogP contribution in [0.25, 0.3) is 0 Å². The highest BCUT2D eigenvalue weighted by atomic mass is 32.2. The second-order valence-corrected chi connectivity index (χ2v) is 8.23. The smallest absolute Gasteiger partial charge is 0.240 e. The van der Waals surface area contributed by atoms with E-state index in [1.807, 2.05) is 25.1 Å². The van der Waals surface area contributed by atoms with Gasteiger partial charge in [0.25, 0.3) is 0 Å². The summed E-state index contributed by atoms with van der Waals surface area (Å²) < 4.78 is 27.7. The number of rotatable bonds is 5. The summed E-state index contributed by atoms with van der Waals surface area (Å²) in [5, 5.41) is 0. The quantitative estimate of drug-likeness (QED) is 0.831. The molecular weight excluding hydrogens is 324 g/mol. The minimum atomic E-state index is -3.47. The number of fused-ring (bicyclic) bond motifs is 1. The van der Waals surface area contributed by atoms with Crippen LogP contribution in [0.3, 0.4) is 0 Å². The molecule has 0 atom stereocenters. The minimum Gasteiger partial charge on any atom is -0.338 e. The number of carbonyl (C=O) groups is 1. The van der Waals surface area contributed by atoms with E-state index in [2.05, 4.69) is 4.72 Å². The van der Waals surface area contributed by atoms with Crippen molar-refractivity contribution in [3.05, 3.63) is 41.5 Å². The number of nitrogens with zero attached hydrogens (tertiary/aromatic N) is 1. The molecule has 1 fully saturated rings. The van der Waals surface area contributed by atoms with Gasteiger partial charge >= 0.3 is 0 Å². The van der Waals surface area contributed by atoms with Crippen molar-refractivity contribution in [2.24, 2.45) is 0 Å². The third-order valence-electron chi connectivity index (χ3n) is 4.81. The Balaban J connectivity index is 1.76. The van der Waals surface area contributed by atoms with E-state index in [0.717, 1.165) is 36.8 Å². The molecule has 0 saturated heterocycles. The Labute approximate surface area is 143 Å². The molecule has 3 rings (SSSR count). The van der Waals surface area contributed by atoms with Crippen molar-refractivity contribution >= 4 is 15.9 Å². The number of carbonyl (C=O) groups excluding carboxylic acids is 1. The van der Waals surface area contributed by atoms with Crippen LogP contribution in [0.1, 0.15) is 43.7 Å². The summed E-state index contributed by atoms with van der Waals surface area (Å²) in [6.45, 7) is 3.07. The largest absolute Gasteiger partial charge is 0.338 e. The van der Waals surface area contributed by atoms with E-state index in [0.29, 0.717) is 24.4 Å². The molecule has 0 unspecified atom stereocenters. The Morgan fingerprint density at radius 1 is 1.33 bits per heavy atom. The number of hydrogen-bond acceptors (Lipinski definition) is 3. The molecule has 0 bridgehead atoms. The van der Waals surface area contributed by atoms with Crippen LogP contribution in [0.15, 0.2) is 35.2 Å². The first-order chi connectivity index (χ1) is 11.5. The molecule has 1 N–H and O–H groups in total. The summed E-state index contributed by atoms with van der Waals surface area (Å²) in [4.78, 5) is 14.3. The standard InChI is InChI=1S/C18H24N2O3S/c1-2-3-7-18(21)20-11-10-14-8-9-17(12-15(14)13-20)24(22,23)19-16-5-4-6-16/h2-3,8-9,12,16,19H,4-7,10-11,13H2,1H3. The third-order valence-corrected chi connectivity index (χ3v) is 6.33. The fourth-order valence-corrected chi connectivity index (χ4v) is 4.43. The maximum absolute atomic E-state index is 12.5. The first-order valence-corrected chi connectivity index (χ1v) is 10.0. The Bertz CT molecular complexity index is 752. The number of nitrogens with one attached hydrogen (secondary N) is 1. The minimum absolute atomic E-state index is 0.0740. The van der Waals surface area contributed by atoms with Crippen LogP contribution in [0, 0.1) is 0 Å². The zero-order chi connectivity index (χ0) is 17.2. The second-order valence-electron chi connectivity index (χ2n) is 6.52. The van der Waals surface area contributed by atoms with Crippen LogP contribution < -0.4 is 4.72 Å². The highest BCUT2D eigenvalue weighted by Gasteiger charge is 2.26. The fourth-order valence-electron chi connectivity index (χ4n) is 3.07. The van der Waals surface area contributed by atoms with Crippen molar-refractivity contribution in [1.82, 2.24) is 9.62 Å². The molecule has 6 heteroatoms. The topological polar surface area (TPSA) is 66.5 Å². The van der Waals surface area contributed by atoms with Crippen molar-refractivity contribution in [2.75, 3.05) is 6.54 Å². The lowest BCUT2D eigenvalue weighted by molar-refractivity contribution is -0.131. The lowest BCUT2D eigenvalue weighted by Crippen LogP contribution is -2.39. The average Bonchev–Trinajstić information content (AvgIpc) is 2.55. The van der Waals surface area contributed by atoms with E-state index in [1.165, 1.54) is 0 Å². The van der Waals surface area contributed by atoms with Gasteiger partial charge in [-0.1, -0.05) is 24.6 Å². The maximum atomic E-state index is 12.5. The van der Waals surface area contributed by atoms with Crippen molar-refractivity contribution < 1.29 is 13.2 Å². The Kier molecular flexibility index (Phi) is 5.06. The first kappa shape index (κ1) is 17.2. The van der Waals surface area contributed by atoms with Crippen molar-refractivity contribution in [3.63, 3.8) is 0 Å². The summed E-state index contributed by atoms with van der Waals surface area (Å²) in [7, 11) is -3.47. The normalized spacial score (nSPS) is 18.5. The van der Waals surface area contributed by atoms with Crippen LogP contribution in [0.4, 0.5) is 0 Å². The summed E-state index contributed by atoms with van der Waals surface area (Å²) in [6.07, 6.45) is 7.80. The number of amides is 1. The Morgan fingerprint density at radius 2 is 2.12 bits per heavy atom. The summed E-state index contributed by atoms with van der Waals surface area (Å²) >= 11 is 0. The lowest BCUT2D eigenvalue weighted by Gasteiger charge is -2.29. The summed E-state index contributed by atoms with van der Waals surface area (Å²) in [5.74, 6) is 0.0830. The van der Waals surface area contributed by atoms with E-state index < -0.39 is 10.0 Å². The van der Waals surface area contributed by atoms with Gasteiger partial charge in [0.15, 0.2) is 0 Å². The van der Waals surface area contributed by atoms with Gasteiger partial charge in [-0.25, -0.2) is 13.1 Å². The van der Waals surface area contributed by atoms with Crippen LogP contribution in [-0.2, 0) is 27.8 Å². The number of allylic oxidation sites excluding steroid dienone is 1. The molecule has 2 aliphatic rings. The first-order valence-electron chi connectivity index (χ1n) is 8.52. The van der Waals surface area contributed by atoms with Gasteiger partial charge in [0.05, 0.1) is 4.90 Å². The van der Waals surface area contributed by atoms with Gasteiger partial charge in [-0.15, -0.1) is 0 Å². The summed E-state index contributed by atoms with van der Waals surface area (Å²) in [6, 6.07) is 5.37. The molecule has 1 aromatic rings. The molecule has 0 radical (unpaired) electrons. The molecule has 24 heavy (non-hydrogen) atoms. The van der Waals surface area contributed by atoms with Crippen LogP contribution in [0.2, 0.25) is 0 Å². The van der Waals surface area contributed by atoms with Gasteiger partial charge in [0, 0.05) is 25.6 Å². The van der Waals surface area contributed by atoms with Gasteiger partial charge in [0.2, 0.25) is 15.9 Å². The number of hydrogen-bond donors (Lipinski definition) is 1. The van der Waals surface area contributed by atoms with E-state index in [-0.39, 0.29) is 11.9 Å². The van der Waals surface area contributed by atoms with Crippen LogP contribution in [-0.4, -0.2) is 31.8 Å².